The van der Waals surface area contributed by atoms with E-state index in [4.69, 9.17) is 5.73 Å². The van der Waals surface area contributed by atoms with Gasteiger partial charge in [-0.3, -0.25) is 0 Å². The van der Waals surface area contributed by atoms with Crippen LogP contribution in [0.1, 0.15) is 51.4 Å². The van der Waals surface area contributed by atoms with Crippen LogP contribution in [-0.4, -0.2) is 30.6 Å². The van der Waals surface area contributed by atoms with Gasteiger partial charge in [0.1, 0.15) is 0 Å². The highest BCUT2D eigenvalue weighted by Gasteiger charge is 2.20. The van der Waals surface area contributed by atoms with E-state index in [9.17, 15) is 0 Å². The zero-order valence-corrected chi connectivity index (χ0v) is 11.2. The molecule has 0 amide bonds. The summed E-state index contributed by atoms with van der Waals surface area (Å²) in [6.45, 7) is 3.85. The highest BCUT2D eigenvalue weighted by atomic mass is 35.5. The largest absolute Gasteiger partial charge is 0.328 e. The third-order valence-corrected chi connectivity index (χ3v) is 4.12. The van der Waals surface area contributed by atoms with Crippen molar-refractivity contribution in [1.82, 2.24) is 4.90 Å². The second kappa shape index (κ2) is 7.52. The van der Waals surface area contributed by atoms with Gasteiger partial charge in [-0.05, 0) is 44.7 Å². The lowest BCUT2D eigenvalue weighted by atomic mass is 9.98. The molecule has 96 valence electrons. The Kier molecular flexibility index (Phi) is 6.71. The van der Waals surface area contributed by atoms with Gasteiger partial charge in [-0.25, -0.2) is 0 Å². The summed E-state index contributed by atoms with van der Waals surface area (Å²) in [7, 11) is 0. The number of piperidine rings is 1. The molecule has 1 heterocycles. The van der Waals surface area contributed by atoms with Crippen LogP contribution in [0.2, 0.25) is 0 Å². The molecule has 1 saturated heterocycles. The first-order valence-corrected chi connectivity index (χ1v) is 6.82. The minimum atomic E-state index is 0. The first-order valence-electron chi connectivity index (χ1n) is 6.82. The van der Waals surface area contributed by atoms with Gasteiger partial charge in [-0.2, -0.15) is 0 Å². The van der Waals surface area contributed by atoms with E-state index in [1.165, 1.54) is 71.0 Å². The van der Waals surface area contributed by atoms with Crippen LogP contribution in [0, 0.1) is 5.92 Å². The lowest BCUT2D eigenvalue weighted by Crippen LogP contribution is -2.41. The minimum absolute atomic E-state index is 0. The molecular weight excluding hydrogens is 220 g/mol. The summed E-state index contributed by atoms with van der Waals surface area (Å²) in [5, 5.41) is 0. The maximum Gasteiger partial charge on any atom is 0.00631 e. The molecule has 0 unspecified atom stereocenters. The molecule has 2 nitrogen and oxygen atoms in total. The van der Waals surface area contributed by atoms with Crippen molar-refractivity contribution in [3.05, 3.63) is 0 Å². The molecule has 1 aliphatic heterocycles. The summed E-state index contributed by atoms with van der Waals surface area (Å²) in [5.74, 6) is 0.988. The molecule has 0 aromatic heterocycles. The predicted octanol–water partition coefficient (Wildman–Crippen LogP) is 2.80. The highest BCUT2D eigenvalue weighted by Crippen LogP contribution is 2.24. The van der Waals surface area contributed by atoms with Crippen LogP contribution in [-0.2, 0) is 0 Å². The monoisotopic (exact) mass is 246 g/mol. The first-order chi connectivity index (χ1) is 7.34. The Morgan fingerprint density at radius 2 is 1.44 bits per heavy atom. The average molecular weight is 247 g/mol. The number of rotatable bonds is 2. The molecule has 0 bridgehead atoms. The van der Waals surface area contributed by atoms with Crippen molar-refractivity contribution in [1.29, 1.82) is 0 Å². The quantitative estimate of drug-likeness (QED) is 0.760. The van der Waals surface area contributed by atoms with Gasteiger partial charge in [0.05, 0.1) is 0 Å². The molecule has 2 N–H and O–H groups in total. The van der Waals surface area contributed by atoms with Gasteiger partial charge in [-0.1, -0.05) is 25.7 Å². The lowest BCUT2D eigenvalue weighted by molar-refractivity contribution is 0.176. The van der Waals surface area contributed by atoms with E-state index in [-0.39, 0.29) is 12.4 Å². The van der Waals surface area contributed by atoms with Crippen molar-refractivity contribution in [3.8, 4) is 0 Å². The molecule has 2 fully saturated rings. The van der Waals surface area contributed by atoms with Crippen LogP contribution >= 0.6 is 12.4 Å². The van der Waals surface area contributed by atoms with E-state index in [2.05, 4.69) is 4.90 Å². The van der Waals surface area contributed by atoms with E-state index in [1.54, 1.807) is 0 Å². The van der Waals surface area contributed by atoms with Crippen LogP contribution in [0.4, 0.5) is 0 Å². The standard InChI is InChI=1S/C13H26N2.ClH/c14-13-7-9-15(10-8-13)11-12-5-3-1-2-4-6-12;/h12-13H,1-11,14H2;1H. The zero-order valence-electron chi connectivity index (χ0n) is 10.4. The Bertz CT molecular complexity index is 171. The van der Waals surface area contributed by atoms with Crippen LogP contribution in [0.15, 0.2) is 0 Å². The summed E-state index contributed by atoms with van der Waals surface area (Å²) in [4.78, 5) is 2.65. The predicted molar refractivity (Wildman–Crippen MR) is 72.1 cm³/mol. The first kappa shape index (κ1) is 14.3. The van der Waals surface area contributed by atoms with Gasteiger partial charge >= 0.3 is 0 Å². The molecule has 1 aliphatic carbocycles. The van der Waals surface area contributed by atoms with Gasteiger partial charge in [0.2, 0.25) is 0 Å². The molecule has 0 atom stereocenters. The Balaban J connectivity index is 0.00000128. The molecule has 0 aromatic rings. The maximum atomic E-state index is 5.93. The fourth-order valence-corrected chi connectivity index (χ4v) is 3.05. The Hall–Kier alpha value is 0.210. The number of likely N-dealkylation sites (tertiary alicyclic amines) is 1. The van der Waals surface area contributed by atoms with Gasteiger partial charge < -0.3 is 10.6 Å². The van der Waals surface area contributed by atoms with Crippen molar-refractivity contribution in [2.75, 3.05) is 19.6 Å². The Morgan fingerprint density at radius 1 is 0.875 bits per heavy atom. The van der Waals surface area contributed by atoms with Gasteiger partial charge in [0.15, 0.2) is 0 Å². The van der Waals surface area contributed by atoms with Gasteiger partial charge in [0, 0.05) is 12.6 Å². The van der Waals surface area contributed by atoms with Crippen LogP contribution in [0.3, 0.4) is 0 Å². The van der Waals surface area contributed by atoms with Crippen molar-refractivity contribution < 1.29 is 0 Å². The number of nitrogens with two attached hydrogens (primary N) is 1. The van der Waals surface area contributed by atoms with E-state index in [0.29, 0.717) is 6.04 Å². The van der Waals surface area contributed by atoms with E-state index in [0.717, 1.165) is 5.92 Å². The van der Waals surface area contributed by atoms with Gasteiger partial charge in [-0.15, -0.1) is 12.4 Å². The van der Waals surface area contributed by atoms with Crippen molar-refractivity contribution in [2.24, 2.45) is 11.7 Å². The van der Waals surface area contributed by atoms with Crippen molar-refractivity contribution in [2.45, 2.75) is 57.4 Å². The number of nitrogens with zero attached hydrogens (tertiary/aromatic N) is 1. The van der Waals surface area contributed by atoms with Crippen molar-refractivity contribution >= 4 is 12.4 Å². The Morgan fingerprint density at radius 3 is 2.00 bits per heavy atom. The molecule has 0 spiro atoms. The SMILES string of the molecule is Cl.NC1CCN(CC2CCCCCC2)CC1. The topological polar surface area (TPSA) is 29.3 Å². The molecule has 0 radical (unpaired) electrons. The van der Waals surface area contributed by atoms with Crippen molar-refractivity contribution in [3.63, 3.8) is 0 Å². The summed E-state index contributed by atoms with van der Waals surface area (Å²) >= 11 is 0. The third-order valence-electron chi connectivity index (χ3n) is 4.12. The fourth-order valence-electron chi connectivity index (χ4n) is 3.05. The minimum Gasteiger partial charge on any atom is -0.328 e. The smallest absolute Gasteiger partial charge is 0.00631 e. The summed E-state index contributed by atoms with van der Waals surface area (Å²) in [6.07, 6.45) is 11.3. The average Bonchev–Trinajstić information content (AvgIpc) is 2.50. The van der Waals surface area contributed by atoms with E-state index >= 15 is 0 Å². The van der Waals surface area contributed by atoms with E-state index < -0.39 is 0 Å². The van der Waals surface area contributed by atoms with Gasteiger partial charge in [0.25, 0.3) is 0 Å². The summed E-state index contributed by atoms with van der Waals surface area (Å²) in [5.41, 5.74) is 5.93. The van der Waals surface area contributed by atoms with E-state index in [1.807, 2.05) is 0 Å². The Labute approximate surface area is 106 Å². The second-order valence-electron chi connectivity index (χ2n) is 5.50. The number of hydrogen-bond acceptors (Lipinski definition) is 2. The van der Waals surface area contributed by atoms with Crippen LogP contribution in [0.5, 0.6) is 0 Å². The molecular formula is C13H27ClN2. The number of halogens is 1. The molecule has 0 aromatic carbocycles. The normalized spacial score (nSPS) is 26.1. The zero-order chi connectivity index (χ0) is 10.5. The van der Waals surface area contributed by atoms with Crippen LogP contribution in [0.25, 0.3) is 0 Å². The molecule has 2 aliphatic rings. The highest BCUT2D eigenvalue weighted by molar-refractivity contribution is 5.85. The summed E-state index contributed by atoms with van der Waals surface area (Å²) < 4.78 is 0. The second-order valence-corrected chi connectivity index (χ2v) is 5.50. The number of hydrogen-bond donors (Lipinski definition) is 1. The third kappa shape index (κ3) is 4.60. The molecule has 16 heavy (non-hydrogen) atoms. The molecule has 1 saturated carbocycles. The fraction of sp³-hybridized carbons (Fsp3) is 1.00. The lowest BCUT2D eigenvalue weighted by Gasteiger charge is -2.32. The maximum absolute atomic E-state index is 5.93. The molecule has 2 rings (SSSR count). The van der Waals surface area contributed by atoms with Crippen LogP contribution < -0.4 is 5.73 Å². The molecule has 3 heteroatoms. The summed E-state index contributed by atoms with van der Waals surface area (Å²) in [6, 6.07) is 0.482.